The molecule has 1 aromatic carbocycles. The van der Waals surface area contributed by atoms with E-state index in [-0.39, 0.29) is 27.2 Å². The lowest BCUT2D eigenvalue weighted by molar-refractivity contribution is -0.138. The second-order valence-electron chi connectivity index (χ2n) is 4.08. The third-order valence-corrected chi connectivity index (χ3v) is 3.41. The standard InChI is InChI=1S/C13H7Cl3F3N/c14-8-4-10(13(17,18)19)9(11(15)5-8)3-7-1-2-12(16)20-6-7/h1-2,4-6H,3H2. The first kappa shape index (κ1) is 15.4. The van der Waals surface area contributed by atoms with E-state index in [0.29, 0.717) is 5.56 Å². The molecule has 2 aromatic rings. The Kier molecular flexibility index (Phi) is 4.47. The van der Waals surface area contributed by atoms with Gasteiger partial charge in [-0.2, -0.15) is 13.2 Å². The number of rotatable bonds is 2. The van der Waals surface area contributed by atoms with Gasteiger partial charge in [-0.25, -0.2) is 4.98 Å². The summed E-state index contributed by atoms with van der Waals surface area (Å²) in [6, 6.07) is 5.26. The molecule has 0 aliphatic rings. The number of benzene rings is 1. The fraction of sp³-hybridized carbons (Fsp3) is 0.154. The second-order valence-corrected chi connectivity index (χ2v) is 5.31. The molecule has 2 rings (SSSR count). The van der Waals surface area contributed by atoms with E-state index in [1.807, 2.05) is 0 Å². The molecule has 106 valence electrons. The van der Waals surface area contributed by atoms with E-state index >= 15 is 0 Å². The Bertz CT molecular complexity index is 624. The average Bonchev–Trinajstić information content (AvgIpc) is 2.33. The summed E-state index contributed by atoms with van der Waals surface area (Å²) in [4.78, 5) is 3.83. The van der Waals surface area contributed by atoms with Crippen LogP contribution in [0.15, 0.2) is 30.5 Å². The van der Waals surface area contributed by atoms with Gasteiger partial charge in [0.2, 0.25) is 0 Å². The number of nitrogens with zero attached hydrogens (tertiary/aromatic N) is 1. The molecule has 0 aliphatic carbocycles. The lowest BCUT2D eigenvalue weighted by atomic mass is 10.0. The Labute approximate surface area is 128 Å². The van der Waals surface area contributed by atoms with Gasteiger partial charge in [0.25, 0.3) is 0 Å². The third kappa shape index (κ3) is 3.57. The van der Waals surface area contributed by atoms with Crippen LogP contribution in [0.5, 0.6) is 0 Å². The molecule has 1 heterocycles. The number of alkyl halides is 3. The highest BCUT2D eigenvalue weighted by atomic mass is 35.5. The molecule has 7 heteroatoms. The predicted octanol–water partition coefficient (Wildman–Crippen LogP) is 5.65. The van der Waals surface area contributed by atoms with Crippen LogP contribution in [0.25, 0.3) is 0 Å². The largest absolute Gasteiger partial charge is 0.416 e. The van der Waals surface area contributed by atoms with Gasteiger partial charge in [-0.05, 0) is 29.3 Å². The van der Waals surface area contributed by atoms with Gasteiger partial charge in [0.05, 0.1) is 5.56 Å². The summed E-state index contributed by atoms with van der Waals surface area (Å²) >= 11 is 17.2. The topological polar surface area (TPSA) is 12.9 Å². The lowest BCUT2D eigenvalue weighted by Gasteiger charge is -2.15. The van der Waals surface area contributed by atoms with Crippen LogP contribution in [0, 0.1) is 0 Å². The van der Waals surface area contributed by atoms with Crippen LogP contribution in [0.4, 0.5) is 13.2 Å². The normalized spacial score (nSPS) is 11.7. The minimum Gasteiger partial charge on any atom is -0.244 e. The van der Waals surface area contributed by atoms with Crippen LogP contribution >= 0.6 is 34.8 Å². The van der Waals surface area contributed by atoms with Crippen LogP contribution in [0.1, 0.15) is 16.7 Å². The minimum atomic E-state index is -4.52. The Balaban J connectivity index is 2.47. The monoisotopic (exact) mass is 339 g/mol. The zero-order valence-corrected chi connectivity index (χ0v) is 12.1. The van der Waals surface area contributed by atoms with Crippen molar-refractivity contribution < 1.29 is 13.2 Å². The first-order valence-corrected chi connectivity index (χ1v) is 6.56. The molecule has 0 bridgehead atoms. The van der Waals surface area contributed by atoms with Crippen molar-refractivity contribution in [2.45, 2.75) is 12.6 Å². The fourth-order valence-electron chi connectivity index (χ4n) is 1.75. The van der Waals surface area contributed by atoms with E-state index in [0.717, 1.165) is 6.07 Å². The van der Waals surface area contributed by atoms with Gasteiger partial charge in [-0.1, -0.05) is 40.9 Å². The van der Waals surface area contributed by atoms with Gasteiger partial charge in [-0.15, -0.1) is 0 Å². The van der Waals surface area contributed by atoms with Gasteiger partial charge >= 0.3 is 6.18 Å². The number of hydrogen-bond acceptors (Lipinski definition) is 1. The second kappa shape index (κ2) is 5.80. The maximum atomic E-state index is 13.0. The maximum absolute atomic E-state index is 13.0. The van der Waals surface area contributed by atoms with Crippen molar-refractivity contribution in [1.29, 1.82) is 0 Å². The first-order chi connectivity index (χ1) is 9.27. The lowest BCUT2D eigenvalue weighted by Crippen LogP contribution is -2.10. The molecule has 1 aromatic heterocycles. The van der Waals surface area contributed by atoms with E-state index < -0.39 is 11.7 Å². The van der Waals surface area contributed by atoms with Crippen molar-refractivity contribution in [2.75, 3.05) is 0 Å². The molecule has 0 saturated carbocycles. The Morgan fingerprint density at radius 3 is 2.30 bits per heavy atom. The zero-order chi connectivity index (χ0) is 14.9. The van der Waals surface area contributed by atoms with Crippen LogP contribution < -0.4 is 0 Å². The summed E-state index contributed by atoms with van der Waals surface area (Å²) in [5, 5.41) is 0.187. The number of hydrogen-bond donors (Lipinski definition) is 0. The van der Waals surface area contributed by atoms with Crippen LogP contribution in [-0.2, 0) is 12.6 Å². The molecule has 0 aliphatic heterocycles. The number of pyridine rings is 1. The van der Waals surface area contributed by atoms with Crippen molar-refractivity contribution in [2.24, 2.45) is 0 Å². The van der Waals surface area contributed by atoms with Crippen molar-refractivity contribution in [3.63, 3.8) is 0 Å². The van der Waals surface area contributed by atoms with Gasteiger partial charge in [-0.3, -0.25) is 0 Å². The van der Waals surface area contributed by atoms with Crippen molar-refractivity contribution in [1.82, 2.24) is 4.98 Å². The van der Waals surface area contributed by atoms with E-state index in [4.69, 9.17) is 34.8 Å². The van der Waals surface area contributed by atoms with Crippen LogP contribution in [0.3, 0.4) is 0 Å². The highest BCUT2D eigenvalue weighted by molar-refractivity contribution is 6.35. The Hall–Kier alpha value is -0.970. The maximum Gasteiger partial charge on any atom is 0.416 e. The molecule has 0 saturated heterocycles. The molecular weight excluding hydrogens is 334 g/mol. The zero-order valence-electron chi connectivity index (χ0n) is 9.81. The van der Waals surface area contributed by atoms with Crippen LogP contribution in [0.2, 0.25) is 15.2 Å². The van der Waals surface area contributed by atoms with E-state index in [1.165, 1.54) is 18.3 Å². The quantitative estimate of drug-likeness (QED) is 0.644. The number of halogens is 6. The summed E-state index contributed by atoms with van der Waals surface area (Å²) in [6.07, 6.45) is -3.12. The Morgan fingerprint density at radius 1 is 1.05 bits per heavy atom. The van der Waals surface area contributed by atoms with Gasteiger partial charge in [0.1, 0.15) is 5.15 Å². The molecule has 0 amide bonds. The number of aromatic nitrogens is 1. The fourth-order valence-corrected chi connectivity index (χ4v) is 2.42. The van der Waals surface area contributed by atoms with E-state index in [2.05, 4.69) is 4.98 Å². The molecule has 0 radical (unpaired) electrons. The van der Waals surface area contributed by atoms with Crippen LogP contribution in [-0.4, -0.2) is 4.98 Å². The van der Waals surface area contributed by atoms with Gasteiger partial charge in [0.15, 0.2) is 0 Å². The molecule has 0 unspecified atom stereocenters. The summed E-state index contributed by atoms with van der Waals surface area (Å²) in [5.74, 6) is 0. The SMILES string of the molecule is FC(F)(F)c1cc(Cl)cc(Cl)c1Cc1ccc(Cl)nc1. The van der Waals surface area contributed by atoms with Crippen molar-refractivity contribution >= 4 is 34.8 Å². The van der Waals surface area contributed by atoms with E-state index in [9.17, 15) is 13.2 Å². The van der Waals surface area contributed by atoms with E-state index in [1.54, 1.807) is 6.07 Å². The first-order valence-electron chi connectivity index (χ1n) is 5.43. The van der Waals surface area contributed by atoms with Gasteiger partial charge < -0.3 is 0 Å². The highest BCUT2D eigenvalue weighted by Gasteiger charge is 2.34. The molecule has 1 nitrogen and oxygen atoms in total. The molecule has 0 fully saturated rings. The molecule has 0 atom stereocenters. The molecule has 20 heavy (non-hydrogen) atoms. The van der Waals surface area contributed by atoms with Gasteiger partial charge in [0, 0.05) is 22.7 Å². The average molecular weight is 341 g/mol. The smallest absolute Gasteiger partial charge is 0.244 e. The molecule has 0 spiro atoms. The predicted molar refractivity (Wildman–Crippen MR) is 73.5 cm³/mol. The molecule has 0 N–H and O–H groups in total. The summed E-state index contributed by atoms with van der Waals surface area (Å²) in [6.45, 7) is 0. The summed E-state index contributed by atoms with van der Waals surface area (Å²) < 4.78 is 39.1. The summed E-state index contributed by atoms with van der Waals surface area (Å²) in [5.41, 5.74) is -0.304. The third-order valence-electron chi connectivity index (χ3n) is 2.64. The van der Waals surface area contributed by atoms with Crippen molar-refractivity contribution in [3.05, 3.63) is 62.4 Å². The summed E-state index contributed by atoms with van der Waals surface area (Å²) in [7, 11) is 0. The van der Waals surface area contributed by atoms with Crippen molar-refractivity contribution in [3.8, 4) is 0 Å². The molecular formula is C13H7Cl3F3N. The minimum absolute atomic E-state index is 0.00495. The highest BCUT2D eigenvalue weighted by Crippen LogP contribution is 2.38. The Morgan fingerprint density at radius 2 is 1.75 bits per heavy atom.